The van der Waals surface area contributed by atoms with Crippen molar-refractivity contribution < 1.29 is 0 Å². The van der Waals surface area contributed by atoms with Crippen molar-refractivity contribution in [2.75, 3.05) is 5.32 Å². The molecule has 1 N–H and O–H groups in total. The summed E-state index contributed by atoms with van der Waals surface area (Å²) in [5.41, 5.74) is 4.36. The zero-order valence-electron chi connectivity index (χ0n) is 12.2. The standard InChI is InChI=1S/C17H18ClN3/c1-3-21-17-10-5-4-7-13(17)16(20-21)11-19-15-9-6-8-14(18)12(15)2/h4-10,19H,3,11H2,1-2H3. The van der Waals surface area contributed by atoms with Crippen molar-refractivity contribution in [3.05, 3.63) is 58.7 Å². The zero-order valence-corrected chi connectivity index (χ0v) is 13.0. The molecule has 0 saturated carbocycles. The summed E-state index contributed by atoms with van der Waals surface area (Å²) in [6.45, 7) is 5.69. The number of hydrogen-bond acceptors (Lipinski definition) is 2. The van der Waals surface area contributed by atoms with E-state index in [2.05, 4.69) is 36.5 Å². The lowest BCUT2D eigenvalue weighted by molar-refractivity contribution is 0.671. The molecule has 1 heterocycles. The molecule has 108 valence electrons. The molecule has 4 heteroatoms. The van der Waals surface area contributed by atoms with Crippen LogP contribution in [0.25, 0.3) is 10.9 Å². The molecule has 3 aromatic rings. The van der Waals surface area contributed by atoms with Crippen molar-refractivity contribution >= 4 is 28.2 Å². The number of fused-ring (bicyclic) bond motifs is 1. The van der Waals surface area contributed by atoms with Crippen molar-refractivity contribution in [3.8, 4) is 0 Å². The van der Waals surface area contributed by atoms with Crippen LogP contribution in [-0.4, -0.2) is 9.78 Å². The van der Waals surface area contributed by atoms with Gasteiger partial charge in [-0.1, -0.05) is 35.9 Å². The maximum atomic E-state index is 6.16. The third-order valence-electron chi connectivity index (χ3n) is 3.75. The first-order valence-electron chi connectivity index (χ1n) is 7.14. The highest BCUT2D eigenvalue weighted by Crippen LogP contribution is 2.24. The summed E-state index contributed by atoms with van der Waals surface area (Å²) in [6, 6.07) is 14.2. The van der Waals surface area contributed by atoms with Crippen molar-refractivity contribution in [1.82, 2.24) is 9.78 Å². The molecule has 3 rings (SSSR count). The SMILES string of the molecule is CCn1nc(CNc2cccc(Cl)c2C)c2ccccc21. The fourth-order valence-electron chi connectivity index (χ4n) is 2.55. The summed E-state index contributed by atoms with van der Waals surface area (Å²) in [4.78, 5) is 0. The van der Waals surface area contributed by atoms with Crippen LogP contribution in [-0.2, 0) is 13.1 Å². The van der Waals surface area contributed by atoms with Gasteiger partial charge in [-0.25, -0.2) is 0 Å². The average molecular weight is 300 g/mol. The third kappa shape index (κ3) is 2.61. The van der Waals surface area contributed by atoms with Crippen molar-refractivity contribution in [2.45, 2.75) is 26.9 Å². The van der Waals surface area contributed by atoms with E-state index in [0.29, 0.717) is 6.54 Å². The second-order valence-corrected chi connectivity index (χ2v) is 5.45. The highest BCUT2D eigenvalue weighted by atomic mass is 35.5. The lowest BCUT2D eigenvalue weighted by atomic mass is 10.2. The molecule has 0 saturated heterocycles. The largest absolute Gasteiger partial charge is 0.379 e. The molecular weight excluding hydrogens is 282 g/mol. The molecule has 0 unspecified atom stereocenters. The Morgan fingerprint density at radius 3 is 2.76 bits per heavy atom. The minimum Gasteiger partial charge on any atom is -0.379 e. The van der Waals surface area contributed by atoms with Gasteiger partial charge >= 0.3 is 0 Å². The van der Waals surface area contributed by atoms with Gasteiger partial charge < -0.3 is 5.32 Å². The summed E-state index contributed by atoms with van der Waals surface area (Å²) in [5, 5.41) is 10.1. The topological polar surface area (TPSA) is 29.9 Å². The predicted octanol–water partition coefficient (Wildman–Crippen LogP) is 4.63. The molecule has 0 amide bonds. The van der Waals surface area contributed by atoms with Gasteiger partial charge in [-0.2, -0.15) is 5.10 Å². The Balaban J connectivity index is 1.90. The van der Waals surface area contributed by atoms with Crippen molar-refractivity contribution in [2.24, 2.45) is 0 Å². The smallest absolute Gasteiger partial charge is 0.0894 e. The van der Waals surface area contributed by atoms with E-state index >= 15 is 0 Å². The summed E-state index contributed by atoms with van der Waals surface area (Å²) in [7, 11) is 0. The van der Waals surface area contributed by atoms with Gasteiger partial charge in [0.1, 0.15) is 0 Å². The number of nitrogens with zero attached hydrogens (tertiary/aromatic N) is 2. The number of aryl methyl sites for hydroxylation is 1. The Hall–Kier alpha value is -2.00. The van der Waals surface area contributed by atoms with Gasteiger partial charge in [-0.15, -0.1) is 0 Å². The Labute approximate surface area is 129 Å². The first-order chi connectivity index (χ1) is 10.2. The fourth-order valence-corrected chi connectivity index (χ4v) is 2.72. The van der Waals surface area contributed by atoms with Crippen LogP contribution in [0.2, 0.25) is 5.02 Å². The Morgan fingerprint density at radius 2 is 1.95 bits per heavy atom. The van der Waals surface area contributed by atoms with E-state index in [-0.39, 0.29) is 0 Å². The van der Waals surface area contributed by atoms with Crippen LogP contribution < -0.4 is 5.32 Å². The second kappa shape index (κ2) is 5.78. The normalized spacial score (nSPS) is 11.0. The van der Waals surface area contributed by atoms with E-state index in [9.17, 15) is 0 Å². The monoisotopic (exact) mass is 299 g/mol. The lowest BCUT2D eigenvalue weighted by Gasteiger charge is -2.09. The molecule has 1 aromatic heterocycles. The summed E-state index contributed by atoms with van der Waals surface area (Å²) in [5.74, 6) is 0. The van der Waals surface area contributed by atoms with Crippen molar-refractivity contribution in [3.63, 3.8) is 0 Å². The number of hydrogen-bond donors (Lipinski definition) is 1. The molecule has 2 aromatic carbocycles. The first kappa shape index (κ1) is 14.0. The Kier molecular flexibility index (Phi) is 3.84. The van der Waals surface area contributed by atoms with Crippen molar-refractivity contribution in [1.29, 1.82) is 0 Å². The molecule has 0 spiro atoms. The van der Waals surface area contributed by atoms with Crippen LogP contribution in [0.5, 0.6) is 0 Å². The molecule has 0 radical (unpaired) electrons. The summed E-state index contributed by atoms with van der Waals surface area (Å²) < 4.78 is 2.04. The lowest BCUT2D eigenvalue weighted by Crippen LogP contribution is -2.03. The van der Waals surface area contributed by atoms with Crippen LogP contribution in [0.4, 0.5) is 5.69 Å². The van der Waals surface area contributed by atoms with Gasteiger partial charge in [0, 0.05) is 22.6 Å². The maximum absolute atomic E-state index is 6.16. The van der Waals surface area contributed by atoms with Gasteiger partial charge in [0.05, 0.1) is 17.8 Å². The van der Waals surface area contributed by atoms with E-state index in [1.807, 2.05) is 29.8 Å². The minimum atomic E-state index is 0.689. The van der Waals surface area contributed by atoms with Crippen LogP contribution in [0.1, 0.15) is 18.2 Å². The summed E-state index contributed by atoms with van der Waals surface area (Å²) >= 11 is 6.16. The van der Waals surface area contributed by atoms with Crippen LogP contribution >= 0.6 is 11.6 Å². The second-order valence-electron chi connectivity index (χ2n) is 5.05. The molecular formula is C17H18ClN3. The molecule has 0 aliphatic heterocycles. The number of halogens is 1. The Bertz CT molecular complexity index is 777. The van der Waals surface area contributed by atoms with E-state index in [1.54, 1.807) is 0 Å². The molecule has 3 nitrogen and oxygen atoms in total. The number of benzene rings is 2. The highest BCUT2D eigenvalue weighted by Gasteiger charge is 2.09. The molecule has 0 fully saturated rings. The van der Waals surface area contributed by atoms with Gasteiger partial charge in [0.15, 0.2) is 0 Å². The van der Waals surface area contributed by atoms with Gasteiger partial charge in [-0.3, -0.25) is 4.68 Å². The van der Waals surface area contributed by atoms with Crippen LogP contribution in [0, 0.1) is 6.92 Å². The average Bonchev–Trinajstić information content (AvgIpc) is 2.87. The quantitative estimate of drug-likeness (QED) is 0.761. The number of para-hydroxylation sites is 1. The van der Waals surface area contributed by atoms with Gasteiger partial charge in [0.25, 0.3) is 0 Å². The molecule has 0 aliphatic rings. The minimum absolute atomic E-state index is 0.689. The number of anilines is 1. The molecule has 0 aliphatic carbocycles. The molecule has 0 bridgehead atoms. The Morgan fingerprint density at radius 1 is 1.14 bits per heavy atom. The predicted molar refractivity (Wildman–Crippen MR) is 88.9 cm³/mol. The number of rotatable bonds is 4. The summed E-state index contributed by atoms with van der Waals surface area (Å²) in [6.07, 6.45) is 0. The highest BCUT2D eigenvalue weighted by molar-refractivity contribution is 6.31. The van der Waals surface area contributed by atoms with E-state index < -0.39 is 0 Å². The molecule has 21 heavy (non-hydrogen) atoms. The van der Waals surface area contributed by atoms with E-state index in [1.165, 1.54) is 10.9 Å². The van der Waals surface area contributed by atoms with E-state index in [4.69, 9.17) is 16.7 Å². The number of aromatic nitrogens is 2. The van der Waals surface area contributed by atoms with E-state index in [0.717, 1.165) is 28.5 Å². The van der Waals surface area contributed by atoms with Gasteiger partial charge in [0.2, 0.25) is 0 Å². The van der Waals surface area contributed by atoms with Crippen LogP contribution in [0.3, 0.4) is 0 Å². The number of nitrogens with one attached hydrogen (secondary N) is 1. The van der Waals surface area contributed by atoms with Crippen LogP contribution in [0.15, 0.2) is 42.5 Å². The first-order valence-corrected chi connectivity index (χ1v) is 7.52. The third-order valence-corrected chi connectivity index (χ3v) is 4.16. The zero-order chi connectivity index (χ0) is 14.8. The maximum Gasteiger partial charge on any atom is 0.0894 e. The van der Waals surface area contributed by atoms with Gasteiger partial charge in [-0.05, 0) is 37.6 Å². The molecule has 0 atom stereocenters. The fraction of sp³-hybridized carbons (Fsp3) is 0.235.